The number of rotatable bonds is 3. The molecule has 0 fully saturated rings. The van der Waals surface area contributed by atoms with Crippen LogP contribution in [0.15, 0.2) is 23.8 Å². The Hall–Kier alpha value is -0.650. The molecule has 1 rings (SSSR count). The van der Waals surface area contributed by atoms with Crippen molar-refractivity contribution in [2.45, 2.75) is 17.5 Å². The maximum absolute atomic E-state index is 10.8. The second-order valence-electron chi connectivity index (χ2n) is 3.52. The molecule has 15 heavy (non-hydrogen) atoms. The topological polar surface area (TPSA) is 72.5 Å². The van der Waals surface area contributed by atoms with Crippen LogP contribution in [0.5, 0.6) is 0 Å². The zero-order valence-electron chi connectivity index (χ0n) is 8.61. The molecule has 0 bridgehead atoms. The highest BCUT2D eigenvalue weighted by Gasteiger charge is 2.33. The molecule has 0 radical (unpaired) electrons. The minimum Gasteiger partial charge on any atom is -0.481 e. The summed E-state index contributed by atoms with van der Waals surface area (Å²) in [4.78, 5) is 10.6. The van der Waals surface area contributed by atoms with E-state index in [4.69, 9.17) is 15.6 Å². The Morgan fingerprint density at radius 3 is 2.80 bits per heavy atom. The van der Waals surface area contributed by atoms with E-state index in [9.17, 15) is 4.79 Å². The van der Waals surface area contributed by atoms with Crippen molar-refractivity contribution < 1.29 is 14.6 Å². The second-order valence-corrected chi connectivity index (χ2v) is 4.51. The number of aliphatic carboxylic acids is 1. The van der Waals surface area contributed by atoms with E-state index < -0.39 is 17.6 Å². The van der Waals surface area contributed by atoms with Crippen molar-refractivity contribution in [3.05, 3.63) is 23.8 Å². The number of carboxylic acids is 1. The van der Waals surface area contributed by atoms with Crippen LogP contribution in [0.4, 0.5) is 0 Å². The summed E-state index contributed by atoms with van der Waals surface area (Å²) >= 11 is 3.36. The van der Waals surface area contributed by atoms with Crippen LogP contribution in [0.2, 0.25) is 0 Å². The molecule has 0 spiro atoms. The normalized spacial score (nSPS) is 32.3. The molecule has 3 atom stereocenters. The highest BCUT2D eigenvalue weighted by Crippen LogP contribution is 2.29. The number of carboxylic acid groups (broad SMARTS) is 1. The van der Waals surface area contributed by atoms with Gasteiger partial charge < -0.3 is 9.84 Å². The monoisotopic (exact) mass is 275 g/mol. The maximum atomic E-state index is 10.8. The van der Waals surface area contributed by atoms with Crippen LogP contribution in [0.3, 0.4) is 0 Å². The number of carbonyl (C=O) groups is 1. The van der Waals surface area contributed by atoms with Crippen LogP contribution in [-0.4, -0.2) is 28.7 Å². The van der Waals surface area contributed by atoms with Crippen LogP contribution >= 0.6 is 15.9 Å². The van der Waals surface area contributed by atoms with E-state index in [0.717, 1.165) is 5.57 Å². The molecule has 1 aliphatic rings. The lowest BCUT2D eigenvalue weighted by atomic mass is 9.92. The number of halogens is 1. The molecule has 4 nitrogen and oxygen atoms in total. The fourth-order valence-electron chi connectivity index (χ4n) is 1.29. The minimum absolute atomic E-state index is 0.225. The third-order valence-electron chi connectivity index (χ3n) is 2.53. The van der Waals surface area contributed by atoms with Crippen molar-refractivity contribution in [1.29, 1.82) is 0 Å². The Kier molecular flexibility index (Phi) is 3.70. The van der Waals surface area contributed by atoms with Gasteiger partial charge in [-0.3, -0.25) is 10.5 Å². The van der Waals surface area contributed by atoms with Gasteiger partial charge in [-0.05, 0) is 18.6 Å². The first kappa shape index (κ1) is 12.4. The van der Waals surface area contributed by atoms with Gasteiger partial charge in [0.25, 0.3) is 0 Å². The molecule has 3 N–H and O–H groups in total. The van der Waals surface area contributed by atoms with Gasteiger partial charge in [-0.25, -0.2) is 0 Å². The lowest BCUT2D eigenvalue weighted by molar-refractivity contribution is -0.139. The molecule has 0 aromatic rings. The Bertz CT molecular complexity index is 327. The number of hydrogen-bond acceptors (Lipinski definition) is 3. The number of nitrogens with two attached hydrogens (primary N) is 1. The summed E-state index contributed by atoms with van der Waals surface area (Å²) < 4.78 is 5.13. The highest BCUT2D eigenvalue weighted by molar-refractivity contribution is 9.09. The second kappa shape index (κ2) is 4.47. The highest BCUT2D eigenvalue weighted by atomic mass is 79.9. The largest absolute Gasteiger partial charge is 0.481 e. The third-order valence-corrected chi connectivity index (χ3v) is 3.51. The Morgan fingerprint density at radius 1 is 1.80 bits per heavy atom. The van der Waals surface area contributed by atoms with Crippen molar-refractivity contribution in [2.75, 3.05) is 7.11 Å². The molecule has 0 aromatic carbocycles. The van der Waals surface area contributed by atoms with Gasteiger partial charge in [0.05, 0.1) is 10.7 Å². The first-order chi connectivity index (χ1) is 6.90. The lowest BCUT2D eigenvalue weighted by Gasteiger charge is -2.31. The molecule has 0 saturated heterocycles. The summed E-state index contributed by atoms with van der Waals surface area (Å²) in [6.07, 6.45) is 5.13. The molecule has 0 aromatic heterocycles. The predicted octanol–water partition coefficient (Wildman–Crippen LogP) is 1.27. The van der Waals surface area contributed by atoms with E-state index in [2.05, 4.69) is 15.9 Å². The summed E-state index contributed by atoms with van der Waals surface area (Å²) in [6.45, 7) is 1.63. The summed E-state index contributed by atoms with van der Waals surface area (Å²) in [7, 11) is 1.51. The van der Waals surface area contributed by atoms with Gasteiger partial charge in [0.15, 0.2) is 5.72 Å². The lowest BCUT2D eigenvalue weighted by Crippen LogP contribution is -2.48. The maximum Gasteiger partial charge on any atom is 0.310 e. The summed E-state index contributed by atoms with van der Waals surface area (Å²) in [5.74, 6) is -1.39. The van der Waals surface area contributed by atoms with Crippen molar-refractivity contribution in [3.63, 3.8) is 0 Å². The number of hydrogen-bond donors (Lipinski definition) is 2. The average Bonchev–Trinajstić information content (AvgIpc) is 2.21. The zero-order valence-corrected chi connectivity index (χ0v) is 10.2. The summed E-state index contributed by atoms with van der Waals surface area (Å²) in [6, 6.07) is 0. The quantitative estimate of drug-likeness (QED) is 0.601. The Labute approximate surface area is 96.9 Å². The first-order valence-electron chi connectivity index (χ1n) is 4.52. The van der Waals surface area contributed by atoms with E-state index in [0.29, 0.717) is 0 Å². The molecule has 0 aliphatic heterocycles. The molecule has 1 aliphatic carbocycles. The number of methoxy groups -OCH3 is 1. The summed E-state index contributed by atoms with van der Waals surface area (Å²) in [5.41, 5.74) is 5.72. The number of ether oxygens (including phenoxy) is 1. The molecular formula is C10H14BrNO3. The summed E-state index contributed by atoms with van der Waals surface area (Å²) in [5, 5.41) is 8.86. The molecule has 0 amide bonds. The van der Waals surface area contributed by atoms with Crippen molar-refractivity contribution >= 4 is 21.9 Å². The zero-order chi connectivity index (χ0) is 11.6. The standard InChI is InChI=1S/C10H14BrNO3/c1-6(9(13)14)7-3-4-10(12,15-2)8(11)5-7/h3-6,8H,12H2,1-2H3,(H,13,14). The van der Waals surface area contributed by atoms with Gasteiger partial charge in [-0.1, -0.05) is 28.1 Å². The molecule has 0 saturated carbocycles. The van der Waals surface area contributed by atoms with Crippen LogP contribution in [0, 0.1) is 5.92 Å². The Balaban J connectivity index is 2.89. The van der Waals surface area contributed by atoms with E-state index in [-0.39, 0.29) is 4.83 Å². The van der Waals surface area contributed by atoms with Gasteiger partial charge >= 0.3 is 5.97 Å². The smallest absolute Gasteiger partial charge is 0.310 e. The molecular weight excluding hydrogens is 262 g/mol. The Morgan fingerprint density at radius 2 is 2.40 bits per heavy atom. The van der Waals surface area contributed by atoms with E-state index >= 15 is 0 Å². The molecule has 3 unspecified atom stereocenters. The van der Waals surface area contributed by atoms with Crippen molar-refractivity contribution in [2.24, 2.45) is 11.7 Å². The molecule has 84 valence electrons. The van der Waals surface area contributed by atoms with Crippen molar-refractivity contribution in [3.8, 4) is 0 Å². The van der Waals surface area contributed by atoms with Gasteiger partial charge in [-0.15, -0.1) is 0 Å². The number of alkyl halides is 1. The van der Waals surface area contributed by atoms with Gasteiger partial charge in [0, 0.05) is 7.11 Å². The van der Waals surface area contributed by atoms with Gasteiger partial charge in [-0.2, -0.15) is 0 Å². The first-order valence-corrected chi connectivity index (χ1v) is 5.44. The van der Waals surface area contributed by atoms with Crippen LogP contribution in [-0.2, 0) is 9.53 Å². The van der Waals surface area contributed by atoms with E-state index in [1.807, 2.05) is 0 Å². The average molecular weight is 276 g/mol. The van der Waals surface area contributed by atoms with Crippen LogP contribution < -0.4 is 5.73 Å². The fourth-order valence-corrected chi connectivity index (χ4v) is 1.93. The van der Waals surface area contributed by atoms with Gasteiger partial charge in [0.2, 0.25) is 0 Å². The molecule has 5 heteroatoms. The van der Waals surface area contributed by atoms with Crippen molar-refractivity contribution in [1.82, 2.24) is 0 Å². The fraction of sp³-hybridized carbons (Fsp3) is 0.500. The predicted molar refractivity (Wildman–Crippen MR) is 60.7 cm³/mol. The van der Waals surface area contributed by atoms with Crippen LogP contribution in [0.25, 0.3) is 0 Å². The minimum atomic E-state index is -0.901. The SMILES string of the molecule is COC1(N)C=CC(C(C)C(=O)O)=CC1Br. The third kappa shape index (κ3) is 2.48. The van der Waals surface area contributed by atoms with Gasteiger partial charge in [0.1, 0.15) is 0 Å². The molecule has 0 heterocycles. The van der Waals surface area contributed by atoms with E-state index in [1.54, 1.807) is 25.2 Å². The van der Waals surface area contributed by atoms with Crippen LogP contribution in [0.1, 0.15) is 6.92 Å². The number of allylic oxidation sites excluding steroid dienone is 1. The van der Waals surface area contributed by atoms with E-state index in [1.165, 1.54) is 7.11 Å².